The lowest BCUT2D eigenvalue weighted by molar-refractivity contribution is 0.0732. The number of primary amides is 2. The van der Waals surface area contributed by atoms with Gasteiger partial charge in [0.1, 0.15) is 5.75 Å². The Balaban J connectivity index is 2.23. The van der Waals surface area contributed by atoms with E-state index in [2.05, 4.69) is 0 Å². The van der Waals surface area contributed by atoms with Gasteiger partial charge in [0.2, 0.25) is 11.8 Å². The van der Waals surface area contributed by atoms with E-state index < -0.39 is 17.8 Å². The lowest BCUT2D eigenvalue weighted by atomic mass is 10.1. The zero-order valence-corrected chi connectivity index (χ0v) is 11.8. The van der Waals surface area contributed by atoms with Gasteiger partial charge in [-0.15, -0.1) is 0 Å². The number of aryl methyl sites for hydroxylation is 1. The van der Waals surface area contributed by atoms with Crippen LogP contribution in [0.2, 0.25) is 0 Å². The Kier molecular flexibility index (Phi) is 4.22. The minimum atomic E-state index is -0.610. The van der Waals surface area contributed by atoms with E-state index in [1.165, 1.54) is 30.3 Å². The molecule has 0 radical (unpaired) electrons. The number of rotatable bonds is 4. The van der Waals surface area contributed by atoms with E-state index in [1.54, 1.807) is 19.1 Å². The molecule has 4 N–H and O–H groups in total. The van der Waals surface area contributed by atoms with Crippen molar-refractivity contribution < 1.29 is 19.1 Å². The highest BCUT2D eigenvalue weighted by Crippen LogP contribution is 2.21. The summed E-state index contributed by atoms with van der Waals surface area (Å²) in [6.45, 7) is 1.74. The van der Waals surface area contributed by atoms with Gasteiger partial charge >= 0.3 is 5.97 Å². The third-order valence-electron chi connectivity index (χ3n) is 3.08. The van der Waals surface area contributed by atoms with Gasteiger partial charge in [0.05, 0.1) is 5.56 Å². The molecule has 0 aliphatic rings. The normalized spacial score (nSPS) is 10.0. The Morgan fingerprint density at radius 1 is 0.818 bits per heavy atom. The van der Waals surface area contributed by atoms with E-state index in [0.29, 0.717) is 11.1 Å². The highest BCUT2D eigenvalue weighted by atomic mass is 16.5. The van der Waals surface area contributed by atoms with Crippen molar-refractivity contribution in [3.05, 3.63) is 64.7 Å². The molecule has 0 aliphatic heterocycles. The predicted molar refractivity (Wildman–Crippen MR) is 79.6 cm³/mol. The van der Waals surface area contributed by atoms with Crippen LogP contribution in [0.3, 0.4) is 0 Å². The number of carbonyl (C=O) groups is 3. The standard InChI is InChI=1S/C16H14N2O4/c1-9-2-3-12(15(18)20)8-13(9)22-16(21)11-6-4-10(5-7-11)14(17)19/h2-8H,1H3,(H2,17,19)(H2,18,20). The molecular weight excluding hydrogens is 284 g/mol. The van der Waals surface area contributed by atoms with Crippen molar-refractivity contribution >= 4 is 17.8 Å². The molecule has 6 heteroatoms. The molecule has 22 heavy (non-hydrogen) atoms. The molecule has 0 saturated heterocycles. The summed E-state index contributed by atoms with van der Waals surface area (Å²) in [6.07, 6.45) is 0. The zero-order chi connectivity index (χ0) is 16.3. The van der Waals surface area contributed by atoms with Crippen molar-refractivity contribution in [1.82, 2.24) is 0 Å². The van der Waals surface area contributed by atoms with Crippen LogP contribution in [-0.2, 0) is 0 Å². The molecule has 0 aromatic heterocycles. The first-order valence-electron chi connectivity index (χ1n) is 6.41. The van der Waals surface area contributed by atoms with Crippen LogP contribution in [0.25, 0.3) is 0 Å². The maximum atomic E-state index is 12.1. The zero-order valence-electron chi connectivity index (χ0n) is 11.8. The van der Waals surface area contributed by atoms with Gasteiger partial charge in [-0.3, -0.25) is 9.59 Å². The minimum absolute atomic E-state index is 0.248. The topological polar surface area (TPSA) is 112 Å². The lowest BCUT2D eigenvalue weighted by Crippen LogP contribution is -2.14. The highest BCUT2D eigenvalue weighted by molar-refractivity contribution is 5.96. The summed E-state index contributed by atoms with van der Waals surface area (Å²) >= 11 is 0. The van der Waals surface area contributed by atoms with Crippen molar-refractivity contribution in [2.24, 2.45) is 11.5 Å². The molecule has 2 aromatic rings. The van der Waals surface area contributed by atoms with Crippen LogP contribution in [0.15, 0.2) is 42.5 Å². The van der Waals surface area contributed by atoms with Crippen LogP contribution >= 0.6 is 0 Å². The number of amides is 2. The molecule has 2 rings (SSSR count). The molecule has 2 aromatic carbocycles. The molecule has 0 spiro atoms. The molecule has 0 atom stereocenters. The van der Waals surface area contributed by atoms with E-state index in [1.807, 2.05) is 0 Å². The van der Waals surface area contributed by atoms with Gasteiger partial charge in [-0.05, 0) is 48.9 Å². The van der Waals surface area contributed by atoms with Crippen molar-refractivity contribution in [2.45, 2.75) is 6.92 Å². The van der Waals surface area contributed by atoms with Crippen molar-refractivity contribution in [2.75, 3.05) is 0 Å². The number of carbonyl (C=O) groups excluding carboxylic acids is 3. The Bertz CT molecular complexity index is 751. The van der Waals surface area contributed by atoms with Gasteiger partial charge in [-0.1, -0.05) is 6.07 Å². The van der Waals surface area contributed by atoms with Gasteiger partial charge in [0.25, 0.3) is 0 Å². The van der Waals surface area contributed by atoms with Crippen LogP contribution in [0.4, 0.5) is 0 Å². The van der Waals surface area contributed by atoms with E-state index in [0.717, 1.165) is 0 Å². The molecule has 0 fully saturated rings. The number of esters is 1. The first kappa shape index (κ1) is 15.2. The van der Waals surface area contributed by atoms with Gasteiger partial charge in [0, 0.05) is 11.1 Å². The Morgan fingerprint density at radius 2 is 1.32 bits per heavy atom. The first-order valence-corrected chi connectivity index (χ1v) is 6.41. The third kappa shape index (κ3) is 3.29. The fraction of sp³-hybridized carbons (Fsp3) is 0.0625. The van der Waals surface area contributed by atoms with E-state index in [4.69, 9.17) is 16.2 Å². The first-order chi connectivity index (χ1) is 10.4. The number of hydrogen-bond acceptors (Lipinski definition) is 4. The van der Waals surface area contributed by atoms with Crippen LogP contribution in [0.5, 0.6) is 5.75 Å². The average Bonchev–Trinajstić information content (AvgIpc) is 2.49. The summed E-state index contributed by atoms with van der Waals surface area (Å²) in [7, 11) is 0. The van der Waals surface area contributed by atoms with Gasteiger partial charge < -0.3 is 16.2 Å². The fourth-order valence-corrected chi connectivity index (χ4v) is 1.79. The highest BCUT2D eigenvalue weighted by Gasteiger charge is 2.13. The summed E-state index contributed by atoms with van der Waals surface area (Å²) < 4.78 is 5.26. The average molecular weight is 298 g/mol. The lowest BCUT2D eigenvalue weighted by Gasteiger charge is -2.08. The summed E-state index contributed by atoms with van der Waals surface area (Å²) in [4.78, 5) is 34.2. The SMILES string of the molecule is Cc1ccc(C(N)=O)cc1OC(=O)c1ccc(C(N)=O)cc1. The summed E-state index contributed by atoms with van der Waals surface area (Å²) in [5.74, 6) is -1.55. The fourth-order valence-electron chi connectivity index (χ4n) is 1.79. The molecule has 112 valence electrons. The predicted octanol–water partition coefficient (Wildman–Crippen LogP) is 1.41. The molecule has 2 amide bonds. The van der Waals surface area contributed by atoms with Crippen LogP contribution in [-0.4, -0.2) is 17.8 Å². The monoisotopic (exact) mass is 298 g/mol. The second kappa shape index (κ2) is 6.09. The van der Waals surface area contributed by atoms with Crippen LogP contribution in [0, 0.1) is 6.92 Å². The van der Waals surface area contributed by atoms with E-state index in [9.17, 15) is 14.4 Å². The Hall–Kier alpha value is -3.15. The Morgan fingerprint density at radius 3 is 1.86 bits per heavy atom. The number of hydrogen-bond donors (Lipinski definition) is 2. The van der Waals surface area contributed by atoms with E-state index >= 15 is 0 Å². The third-order valence-corrected chi connectivity index (χ3v) is 3.08. The van der Waals surface area contributed by atoms with Gasteiger partial charge in [0.15, 0.2) is 0 Å². The number of ether oxygens (including phenoxy) is 1. The number of nitrogens with two attached hydrogens (primary N) is 2. The maximum absolute atomic E-state index is 12.1. The summed E-state index contributed by atoms with van der Waals surface area (Å²) in [5, 5.41) is 0. The van der Waals surface area contributed by atoms with Crippen LogP contribution in [0.1, 0.15) is 36.6 Å². The smallest absolute Gasteiger partial charge is 0.343 e. The number of benzene rings is 2. The maximum Gasteiger partial charge on any atom is 0.343 e. The molecule has 0 unspecified atom stereocenters. The summed E-state index contributed by atoms with van der Waals surface area (Å²) in [5.41, 5.74) is 11.8. The molecule has 0 saturated carbocycles. The van der Waals surface area contributed by atoms with Crippen molar-refractivity contribution in [3.8, 4) is 5.75 Å². The van der Waals surface area contributed by atoms with Crippen molar-refractivity contribution in [3.63, 3.8) is 0 Å². The Labute approximate surface area is 126 Å². The largest absolute Gasteiger partial charge is 0.423 e. The molecule has 0 heterocycles. The molecule has 6 nitrogen and oxygen atoms in total. The van der Waals surface area contributed by atoms with Crippen molar-refractivity contribution in [1.29, 1.82) is 0 Å². The van der Waals surface area contributed by atoms with Gasteiger partial charge in [-0.25, -0.2) is 4.79 Å². The van der Waals surface area contributed by atoms with Gasteiger partial charge in [-0.2, -0.15) is 0 Å². The molecular formula is C16H14N2O4. The van der Waals surface area contributed by atoms with E-state index in [-0.39, 0.29) is 16.9 Å². The second-order valence-electron chi connectivity index (χ2n) is 4.68. The summed E-state index contributed by atoms with van der Waals surface area (Å²) in [6, 6.07) is 10.4. The second-order valence-corrected chi connectivity index (χ2v) is 4.68. The molecule has 0 aliphatic carbocycles. The minimum Gasteiger partial charge on any atom is -0.423 e. The molecule has 0 bridgehead atoms. The quantitative estimate of drug-likeness (QED) is 0.656. The van der Waals surface area contributed by atoms with Crippen LogP contribution < -0.4 is 16.2 Å².